The van der Waals surface area contributed by atoms with Crippen molar-refractivity contribution >= 4 is 21.4 Å². The maximum atomic E-state index is 12.6. The molecule has 0 amide bonds. The van der Waals surface area contributed by atoms with Crippen LogP contribution in [0, 0.1) is 10.1 Å². The second kappa shape index (κ2) is 5.58. The summed E-state index contributed by atoms with van der Waals surface area (Å²) < 4.78 is 31.7. The Morgan fingerprint density at radius 3 is 2.67 bits per heavy atom. The third-order valence-corrected chi connectivity index (χ3v) is 5.57. The smallest absolute Gasteiger partial charge is 0.291 e. The van der Waals surface area contributed by atoms with E-state index in [0.29, 0.717) is 13.0 Å². The summed E-state index contributed by atoms with van der Waals surface area (Å²) in [6, 6.07) is 3.21. The summed E-state index contributed by atoms with van der Waals surface area (Å²) in [7, 11) is -2.58. The molecule has 8 nitrogen and oxygen atoms in total. The molecule has 21 heavy (non-hydrogen) atoms. The Kier molecular flexibility index (Phi) is 4.17. The number of anilines is 1. The first-order valence-electron chi connectivity index (χ1n) is 6.38. The topological polar surface area (TPSA) is 116 Å². The number of ether oxygens (including phenoxy) is 1. The first kappa shape index (κ1) is 15.7. The normalized spacial score (nSPS) is 22.6. The maximum absolute atomic E-state index is 12.6. The molecule has 1 aromatic carbocycles. The molecule has 0 radical (unpaired) electrons. The monoisotopic (exact) mass is 315 g/mol. The van der Waals surface area contributed by atoms with Crippen LogP contribution in [0.5, 0.6) is 0 Å². The van der Waals surface area contributed by atoms with Gasteiger partial charge in [0, 0.05) is 25.4 Å². The quantitative estimate of drug-likeness (QED) is 0.503. The van der Waals surface area contributed by atoms with Crippen molar-refractivity contribution < 1.29 is 18.1 Å². The number of hydrogen-bond acceptors (Lipinski definition) is 6. The van der Waals surface area contributed by atoms with Gasteiger partial charge in [-0.15, -0.1) is 0 Å². The summed E-state index contributed by atoms with van der Waals surface area (Å²) in [5, 5.41) is 11.1. The van der Waals surface area contributed by atoms with Gasteiger partial charge in [-0.2, -0.15) is 4.31 Å². The van der Waals surface area contributed by atoms with Gasteiger partial charge in [-0.05, 0) is 25.5 Å². The summed E-state index contributed by atoms with van der Waals surface area (Å²) in [6.45, 7) is 2.25. The number of rotatable bonds is 4. The summed E-state index contributed by atoms with van der Waals surface area (Å²) in [5.41, 5.74) is 5.12. The number of nitro groups is 1. The fourth-order valence-corrected chi connectivity index (χ4v) is 4.01. The molecule has 1 saturated heterocycles. The number of likely N-dealkylation sites (N-methyl/N-ethyl adjacent to an activating group) is 1. The van der Waals surface area contributed by atoms with Crippen molar-refractivity contribution in [3.8, 4) is 0 Å². The minimum absolute atomic E-state index is 0.140. The van der Waals surface area contributed by atoms with Gasteiger partial charge in [-0.3, -0.25) is 10.1 Å². The highest BCUT2D eigenvalue weighted by Gasteiger charge is 2.38. The summed E-state index contributed by atoms with van der Waals surface area (Å²) in [6.07, 6.45) is 0.303. The van der Waals surface area contributed by atoms with Crippen LogP contribution < -0.4 is 5.73 Å². The van der Waals surface area contributed by atoms with E-state index in [9.17, 15) is 18.5 Å². The summed E-state index contributed by atoms with van der Waals surface area (Å²) in [5.74, 6) is 0. The number of nitrogen functional groups attached to an aromatic ring is 1. The lowest BCUT2D eigenvalue weighted by Gasteiger charge is -2.25. The van der Waals surface area contributed by atoms with Crippen LogP contribution in [0.1, 0.15) is 13.3 Å². The number of nitrogens with two attached hydrogens (primary N) is 1. The van der Waals surface area contributed by atoms with Crippen LogP contribution in [0.15, 0.2) is 23.1 Å². The highest BCUT2D eigenvalue weighted by molar-refractivity contribution is 7.89. The Hall–Kier alpha value is -1.71. The molecule has 2 unspecified atom stereocenters. The fourth-order valence-electron chi connectivity index (χ4n) is 2.43. The molecule has 1 aliphatic heterocycles. The van der Waals surface area contributed by atoms with Crippen molar-refractivity contribution in [3.63, 3.8) is 0 Å². The van der Waals surface area contributed by atoms with Gasteiger partial charge in [0.1, 0.15) is 0 Å². The lowest BCUT2D eigenvalue weighted by molar-refractivity contribution is -0.387. The molecule has 9 heteroatoms. The van der Waals surface area contributed by atoms with Crippen LogP contribution >= 0.6 is 0 Å². The summed E-state index contributed by atoms with van der Waals surface area (Å²) in [4.78, 5) is 9.97. The zero-order valence-corrected chi connectivity index (χ0v) is 12.5. The van der Waals surface area contributed by atoms with Gasteiger partial charge in [-0.25, -0.2) is 8.42 Å². The van der Waals surface area contributed by atoms with Crippen LogP contribution in [0.4, 0.5) is 11.4 Å². The van der Waals surface area contributed by atoms with Crippen LogP contribution in [-0.2, 0) is 14.8 Å². The van der Waals surface area contributed by atoms with Crippen molar-refractivity contribution in [1.82, 2.24) is 4.31 Å². The van der Waals surface area contributed by atoms with E-state index >= 15 is 0 Å². The van der Waals surface area contributed by atoms with Crippen molar-refractivity contribution in [3.05, 3.63) is 28.3 Å². The highest BCUT2D eigenvalue weighted by Crippen LogP contribution is 2.31. The van der Waals surface area contributed by atoms with E-state index in [1.54, 1.807) is 6.92 Å². The molecule has 1 heterocycles. The van der Waals surface area contributed by atoms with E-state index in [0.717, 1.165) is 10.4 Å². The SMILES string of the molecule is CC1OCCC1N(C)S(=O)(=O)c1ccc(N)cc1[N+](=O)[O-]. The predicted octanol–water partition coefficient (Wildman–Crippen LogP) is 0.975. The Labute approximate surface area is 122 Å². The molecule has 0 saturated carbocycles. The number of sulfonamides is 1. The average Bonchev–Trinajstić information content (AvgIpc) is 2.83. The zero-order chi connectivity index (χ0) is 15.8. The van der Waals surface area contributed by atoms with Crippen molar-refractivity contribution in [2.75, 3.05) is 19.4 Å². The molecular formula is C12H17N3O5S. The molecule has 2 rings (SSSR count). The molecule has 0 aliphatic carbocycles. The molecule has 2 atom stereocenters. The lowest BCUT2D eigenvalue weighted by Crippen LogP contribution is -2.41. The first-order chi connectivity index (χ1) is 9.75. The van der Waals surface area contributed by atoms with Crippen LogP contribution in [0.2, 0.25) is 0 Å². The molecule has 0 bridgehead atoms. The summed E-state index contributed by atoms with van der Waals surface area (Å²) >= 11 is 0. The van der Waals surface area contributed by atoms with Gasteiger partial charge < -0.3 is 10.5 Å². The molecule has 1 fully saturated rings. The van der Waals surface area contributed by atoms with Crippen molar-refractivity contribution in [2.24, 2.45) is 0 Å². The van der Waals surface area contributed by atoms with E-state index in [-0.39, 0.29) is 22.7 Å². The fraction of sp³-hybridized carbons (Fsp3) is 0.500. The number of benzene rings is 1. The number of nitro benzene ring substituents is 1. The third kappa shape index (κ3) is 2.85. The average molecular weight is 315 g/mol. The van der Waals surface area contributed by atoms with E-state index in [2.05, 4.69) is 0 Å². The third-order valence-electron chi connectivity index (χ3n) is 3.64. The molecule has 0 aromatic heterocycles. The molecule has 0 spiro atoms. The number of nitrogens with zero attached hydrogens (tertiary/aromatic N) is 2. The Morgan fingerprint density at radius 1 is 1.48 bits per heavy atom. The van der Waals surface area contributed by atoms with Gasteiger partial charge in [-0.1, -0.05) is 0 Å². The maximum Gasteiger partial charge on any atom is 0.291 e. The van der Waals surface area contributed by atoms with Gasteiger partial charge in [0.15, 0.2) is 4.90 Å². The van der Waals surface area contributed by atoms with E-state index < -0.39 is 20.6 Å². The second-order valence-corrected chi connectivity index (χ2v) is 6.90. The first-order valence-corrected chi connectivity index (χ1v) is 7.82. The largest absolute Gasteiger partial charge is 0.399 e. The van der Waals surface area contributed by atoms with Crippen LogP contribution in [-0.4, -0.2) is 43.4 Å². The Morgan fingerprint density at radius 2 is 2.14 bits per heavy atom. The second-order valence-electron chi connectivity index (χ2n) is 4.94. The van der Waals surface area contributed by atoms with E-state index in [1.165, 1.54) is 19.2 Å². The Balaban J connectivity index is 2.46. The standard InChI is InChI=1S/C12H17N3O5S/c1-8-10(5-6-20-8)14(2)21(18,19)12-4-3-9(13)7-11(12)15(16)17/h3-4,7-8,10H,5-6,13H2,1-2H3. The van der Waals surface area contributed by atoms with Gasteiger partial charge in [0.05, 0.1) is 17.1 Å². The molecule has 1 aromatic rings. The van der Waals surface area contributed by atoms with Gasteiger partial charge in [0.2, 0.25) is 10.0 Å². The molecule has 1 aliphatic rings. The van der Waals surface area contributed by atoms with E-state index in [4.69, 9.17) is 10.5 Å². The Bertz CT molecular complexity index is 661. The lowest BCUT2D eigenvalue weighted by atomic mass is 10.2. The molecule has 116 valence electrons. The van der Waals surface area contributed by atoms with Crippen LogP contribution in [0.3, 0.4) is 0 Å². The van der Waals surface area contributed by atoms with Crippen molar-refractivity contribution in [2.45, 2.75) is 30.4 Å². The zero-order valence-electron chi connectivity index (χ0n) is 11.7. The molecule has 2 N–H and O–H groups in total. The minimum Gasteiger partial charge on any atom is -0.399 e. The van der Waals surface area contributed by atoms with Gasteiger partial charge >= 0.3 is 0 Å². The minimum atomic E-state index is -3.99. The van der Waals surface area contributed by atoms with Crippen LogP contribution in [0.25, 0.3) is 0 Å². The van der Waals surface area contributed by atoms with Crippen molar-refractivity contribution in [1.29, 1.82) is 0 Å². The van der Waals surface area contributed by atoms with E-state index in [1.807, 2.05) is 0 Å². The van der Waals surface area contributed by atoms with Gasteiger partial charge in [0.25, 0.3) is 5.69 Å². The number of hydrogen-bond donors (Lipinski definition) is 1. The molecular weight excluding hydrogens is 298 g/mol. The predicted molar refractivity (Wildman–Crippen MR) is 76.3 cm³/mol. The highest BCUT2D eigenvalue weighted by atomic mass is 32.2.